The number of hydrogen-bond donors (Lipinski definition) is 2. The van der Waals surface area contributed by atoms with Gasteiger partial charge in [-0.2, -0.15) is 0 Å². The average molecular weight is 194 g/mol. The van der Waals surface area contributed by atoms with Crippen LogP contribution in [0, 0.1) is 0 Å². The molecule has 0 bridgehead atoms. The van der Waals surface area contributed by atoms with Gasteiger partial charge in [-0.3, -0.25) is 0 Å². The molecule has 0 aromatic rings. The van der Waals surface area contributed by atoms with Crippen molar-refractivity contribution in [3.8, 4) is 0 Å². The van der Waals surface area contributed by atoms with E-state index < -0.39 is 11.9 Å². The van der Waals surface area contributed by atoms with Crippen molar-refractivity contribution in [3.63, 3.8) is 0 Å². The second-order valence-electron chi connectivity index (χ2n) is 1.01. The largest absolute Gasteiger partial charge is 1.00 e. The van der Waals surface area contributed by atoms with E-state index in [4.69, 9.17) is 10.2 Å². The number of aliphatic carboxylic acids is 2. The predicted molar refractivity (Wildman–Crippen MR) is 36.4 cm³/mol. The van der Waals surface area contributed by atoms with Crippen LogP contribution >= 0.6 is 0 Å². The number of carboxylic acid groups (broad SMARTS) is 2. The first-order valence-electron chi connectivity index (χ1n) is 1.77. The number of carboxylic acids is 2. The van der Waals surface area contributed by atoms with Crippen LogP contribution in [0.3, 0.4) is 0 Å². The Morgan fingerprint density at radius 3 is 1.17 bits per heavy atom. The molecule has 70 valence electrons. The Hall–Kier alpha value is -0.440. The summed E-state index contributed by atoms with van der Waals surface area (Å²) in [6.45, 7) is 0. The summed E-state index contributed by atoms with van der Waals surface area (Å²) in [5.74, 6) is -2.51. The molecule has 0 atom stereocenters. The maximum atomic E-state index is 9.55. The van der Waals surface area contributed by atoms with Crippen LogP contribution < -0.4 is 29.6 Å². The molecule has 7 nitrogen and oxygen atoms in total. The molecule has 12 heavy (non-hydrogen) atoms. The van der Waals surface area contributed by atoms with E-state index in [2.05, 4.69) is 0 Å². The Kier molecular flexibility index (Phi) is 42.2. The Morgan fingerprint density at radius 1 is 0.917 bits per heavy atom. The van der Waals surface area contributed by atoms with Gasteiger partial charge in [0, 0.05) is 12.2 Å². The minimum atomic E-state index is -1.26. The average Bonchev–Trinajstić information content (AvgIpc) is 1.61. The fourth-order valence-electron chi connectivity index (χ4n) is 0.143. The van der Waals surface area contributed by atoms with E-state index in [1.165, 1.54) is 0 Å². The van der Waals surface area contributed by atoms with Crippen LogP contribution in [0.4, 0.5) is 0 Å². The van der Waals surface area contributed by atoms with E-state index in [1.54, 1.807) is 0 Å². The molecule has 8 heteroatoms. The van der Waals surface area contributed by atoms with E-state index in [9.17, 15) is 9.59 Å². The minimum Gasteiger partial charge on any atom is -1.00 e. The third kappa shape index (κ3) is 33.7. The summed E-state index contributed by atoms with van der Waals surface area (Å²) < 4.78 is 0. The monoisotopic (exact) mass is 194 g/mol. The maximum Gasteiger partial charge on any atom is 1.00 e. The van der Waals surface area contributed by atoms with Gasteiger partial charge in [-0.05, 0) is 0 Å². The molecule has 0 amide bonds. The van der Waals surface area contributed by atoms with Crippen LogP contribution in [-0.2, 0) is 9.59 Å². The van der Waals surface area contributed by atoms with Crippen LogP contribution in [0.25, 0.3) is 0 Å². The van der Waals surface area contributed by atoms with Crippen LogP contribution in [0.15, 0.2) is 12.2 Å². The molecule has 0 saturated heterocycles. The van der Waals surface area contributed by atoms with Gasteiger partial charge in [0.05, 0.1) is 0 Å². The summed E-state index contributed by atoms with van der Waals surface area (Å²) in [5.41, 5.74) is 0. The first-order chi connectivity index (χ1) is 3.63. The van der Waals surface area contributed by atoms with E-state index in [0.717, 1.165) is 0 Å². The molecule has 0 aliphatic heterocycles. The van der Waals surface area contributed by atoms with Crippen molar-refractivity contribution in [2.24, 2.45) is 0 Å². The molecule has 0 aliphatic rings. The number of carbonyl (C=O) groups is 2. The summed E-state index contributed by atoms with van der Waals surface area (Å²) in [7, 11) is 0. The van der Waals surface area contributed by atoms with Gasteiger partial charge < -0.3 is 28.1 Å². The van der Waals surface area contributed by atoms with Crippen LogP contribution in [0.1, 0.15) is 1.43 Å². The number of rotatable bonds is 2. The molecule has 0 heterocycles. The van der Waals surface area contributed by atoms with Crippen molar-refractivity contribution >= 4 is 11.9 Å². The van der Waals surface area contributed by atoms with Crippen molar-refractivity contribution in [2.45, 2.75) is 0 Å². The van der Waals surface area contributed by atoms with Crippen molar-refractivity contribution in [3.05, 3.63) is 12.2 Å². The fourth-order valence-corrected chi connectivity index (χ4v) is 0.143. The molecule has 0 aromatic carbocycles. The molecule has 0 radical (unpaired) electrons. The molecular weight excluding hydrogens is 183 g/mol. The Morgan fingerprint density at radius 2 is 1.08 bits per heavy atom. The maximum absolute atomic E-state index is 9.55. The van der Waals surface area contributed by atoms with E-state index in [0.29, 0.717) is 12.2 Å². The Bertz CT molecular complexity index is 131. The van der Waals surface area contributed by atoms with E-state index in [1.807, 2.05) is 0 Å². The molecule has 0 fully saturated rings. The first-order valence-corrected chi connectivity index (χ1v) is 1.77. The van der Waals surface area contributed by atoms with Crippen LogP contribution in [0.5, 0.6) is 0 Å². The van der Waals surface area contributed by atoms with E-state index >= 15 is 0 Å². The van der Waals surface area contributed by atoms with Gasteiger partial charge >= 0.3 is 41.5 Å². The topological polar surface area (TPSA) is 169 Å². The summed E-state index contributed by atoms with van der Waals surface area (Å²) in [5, 5.41) is 15.6. The smallest absolute Gasteiger partial charge is 1.00 e. The molecule has 0 rings (SSSR count). The van der Waals surface area contributed by atoms with Crippen molar-refractivity contribution in [1.29, 1.82) is 0 Å². The zero-order chi connectivity index (χ0) is 6.57. The molecule has 8 N–H and O–H groups in total. The summed E-state index contributed by atoms with van der Waals surface area (Å²) in [4.78, 5) is 19.1. The zero-order valence-corrected chi connectivity index (χ0v) is 8.37. The van der Waals surface area contributed by atoms with Crippen LogP contribution in [0.2, 0.25) is 0 Å². The molecule has 0 aliphatic carbocycles. The fraction of sp³-hybridized carbons (Fsp3) is 0. The molecule has 0 unspecified atom stereocenters. The van der Waals surface area contributed by atoms with Gasteiger partial charge in [0.2, 0.25) is 0 Å². The predicted octanol–water partition coefficient (Wildman–Crippen LogP) is -5.65. The summed E-state index contributed by atoms with van der Waals surface area (Å²) in [6, 6.07) is 0. The van der Waals surface area contributed by atoms with Gasteiger partial charge in [-0.15, -0.1) is 0 Å². The molecule has 0 saturated carbocycles. The minimum absolute atomic E-state index is 0. The van der Waals surface area contributed by atoms with Gasteiger partial charge in [0.15, 0.2) is 0 Å². The van der Waals surface area contributed by atoms with Gasteiger partial charge in [0.25, 0.3) is 0 Å². The van der Waals surface area contributed by atoms with Gasteiger partial charge in [-0.25, -0.2) is 9.59 Å². The first kappa shape index (κ1) is 30.0. The quantitative estimate of drug-likeness (QED) is 0.330. The molecular formula is C4H11NaO7. The zero-order valence-electron chi connectivity index (χ0n) is 7.37. The van der Waals surface area contributed by atoms with E-state index in [-0.39, 0.29) is 47.4 Å². The normalized spacial score (nSPS) is 6.33. The summed E-state index contributed by atoms with van der Waals surface area (Å²) >= 11 is 0. The SMILES string of the molecule is O.O.O.O=C(O)C=CC(=O)O.[H-].[Na+]. The molecule has 0 spiro atoms. The van der Waals surface area contributed by atoms with Gasteiger partial charge in [0.1, 0.15) is 0 Å². The molecule has 0 aromatic heterocycles. The summed E-state index contributed by atoms with van der Waals surface area (Å²) in [6.07, 6.45) is 1.12. The standard InChI is InChI=1S/C4H4O4.Na.3H2O.H/c5-3(6)1-2-4(7)8;;;;;/h1-2H,(H,5,6)(H,7,8);;3*1H2;/q;+1;;;;-1. The second-order valence-corrected chi connectivity index (χ2v) is 1.01. The van der Waals surface area contributed by atoms with Crippen molar-refractivity contribution in [1.82, 2.24) is 0 Å². The van der Waals surface area contributed by atoms with Gasteiger partial charge in [-0.1, -0.05) is 0 Å². The number of hydrogen-bond acceptors (Lipinski definition) is 2. The Balaban J connectivity index is -0.0000000245. The second kappa shape index (κ2) is 16.9. The van der Waals surface area contributed by atoms with Crippen molar-refractivity contribution < 1.29 is 67.2 Å². The Labute approximate surface area is 91.4 Å². The van der Waals surface area contributed by atoms with Crippen molar-refractivity contribution in [2.75, 3.05) is 0 Å². The third-order valence-corrected chi connectivity index (χ3v) is 0.368. The third-order valence-electron chi connectivity index (χ3n) is 0.368. The van der Waals surface area contributed by atoms with Crippen LogP contribution in [-0.4, -0.2) is 38.6 Å².